The van der Waals surface area contributed by atoms with E-state index in [1.165, 1.54) is 29.7 Å². The molecule has 0 unspecified atom stereocenters. The number of thiocarbonyl (C=S) groups is 1. The molecule has 0 aromatic heterocycles. The summed E-state index contributed by atoms with van der Waals surface area (Å²) in [6.07, 6.45) is 4.56. The van der Waals surface area contributed by atoms with Crippen LogP contribution in [0.25, 0.3) is 6.08 Å². The van der Waals surface area contributed by atoms with Crippen molar-refractivity contribution in [1.29, 1.82) is 0 Å². The summed E-state index contributed by atoms with van der Waals surface area (Å²) in [4.78, 5) is 27.0. The van der Waals surface area contributed by atoms with Crippen molar-refractivity contribution in [3.05, 3.63) is 63.1 Å². The van der Waals surface area contributed by atoms with Crippen LogP contribution < -0.4 is 15.0 Å². The molecular weight excluding hydrogens is 443 g/mol. The first-order valence-electron chi connectivity index (χ1n) is 9.39. The number of aryl methyl sites for hydroxylation is 1. The molecule has 3 rings (SSSR count). The number of methoxy groups -OCH3 is 1. The van der Waals surface area contributed by atoms with Crippen molar-refractivity contribution in [3.8, 4) is 5.75 Å². The zero-order valence-corrected chi connectivity index (χ0v) is 18.8. The summed E-state index contributed by atoms with van der Waals surface area (Å²) in [7, 11) is 1.45. The van der Waals surface area contributed by atoms with Gasteiger partial charge in [-0.3, -0.25) is 19.8 Å². The zero-order valence-electron chi connectivity index (χ0n) is 16.5. The maximum Gasteiger partial charge on any atom is 0.270 e. The average molecular weight is 463 g/mol. The molecule has 0 aliphatic carbocycles. The number of anilines is 1. The summed E-state index contributed by atoms with van der Waals surface area (Å²) in [5.41, 5.74) is 2.06. The van der Waals surface area contributed by atoms with E-state index in [1.807, 2.05) is 24.3 Å². The van der Waals surface area contributed by atoms with Gasteiger partial charge in [0.05, 0.1) is 17.8 Å². The first-order chi connectivity index (χ1) is 14.3. The highest BCUT2D eigenvalue weighted by Gasteiger charge is 2.34. The number of hydrogen-bond donors (Lipinski definition) is 1. The second kappa shape index (κ2) is 9.60. The minimum atomic E-state index is -0.598. The zero-order chi connectivity index (χ0) is 21.8. The molecule has 2 amide bonds. The third kappa shape index (κ3) is 4.67. The Bertz CT molecular complexity index is 1040. The van der Waals surface area contributed by atoms with Crippen LogP contribution in [0.2, 0.25) is 10.0 Å². The minimum absolute atomic E-state index is 0.0274. The topological polar surface area (TPSA) is 58.6 Å². The molecule has 0 spiro atoms. The molecule has 156 valence electrons. The monoisotopic (exact) mass is 462 g/mol. The van der Waals surface area contributed by atoms with Gasteiger partial charge in [-0.1, -0.05) is 48.7 Å². The largest absolute Gasteiger partial charge is 0.495 e. The van der Waals surface area contributed by atoms with Crippen LogP contribution in [-0.2, 0) is 16.0 Å². The molecule has 8 heteroatoms. The average Bonchev–Trinajstić information content (AvgIpc) is 2.70. The standard InChI is InChI=1S/C22H20Cl2N2O3S/c1-3-4-5-13-6-8-16(9-7-13)26-21(28)17(20(27)25-22(26)30)11-14-10-15(23)12-18(24)19(14)29-2/h6-12H,3-5H2,1-2H3,(H,25,27,30)/b17-11+. The molecule has 0 saturated carbocycles. The number of amides is 2. The fourth-order valence-electron chi connectivity index (χ4n) is 3.14. The smallest absolute Gasteiger partial charge is 0.270 e. The van der Waals surface area contributed by atoms with Gasteiger partial charge in [0.2, 0.25) is 0 Å². The fourth-order valence-corrected chi connectivity index (χ4v) is 4.01. The van der Waals surface area contributed by atoms with Gasteiger partial charge in [0, 0.05) is 10.6 Å². The molecule has 1 N–H and O–H groups in total. The van der Waals surface area contributed by atoms with Crippen molar-refractivity contribution in [2.75, 3.05) is 12.0 Å². The Morgan fingerprint density at radius 3 is 2.50 bits per heavy atom. The Kier molecular flexibility index (Phi) is 7.13. The van der Waals surface area contributed by atoms with Crippen LogP contribution in [0.5, 0.6) is 5.75 Å². The van der Waals surface area contributed by atoms with Crippen molar-refractivity contribution < 1.29 is 14.3 Å². The van der Waals surface area contributed by atoms with Gasteiger partial charge in [-0.25, -0.2) is 0 Å². The lowest BCUT2D eigenvalue weighted by molar-refractivity contribution is -0.122. The van der Waals surface area contributed by atoms with Crippen LogP contribution in [-0.4, -0.2) is 24.0 Å². The number of benzene rings is 2. The Balaban J connectivity index is 1.98. The first kappa shape index (κ1) is 22.3. The number of ether oxygens (including phenoxy) is 1. The first-order valence-corrected chi connectivity index (χ1v) is 10.6. The normalized spacial score (nSPS) is 15.5. The van der Waals surface area contributed by atoms with E-state index < -0.39 is 11.8 Å². The third-order valence-electron chi connectivity index (χ3n) is 4.66. The summed E-state index contributed by atoms with van der Waals surface area (Å²) in [6.45, 7) is 2.14. The van der Waals surface area contributed by atoms with Crippen molar-refractivity contribution in [2.45, 2.75) is 26.2 Å². The molecule has 1 heterocycles. The number of carbonyl (C=O) groups is 2. The molecule has 1 aliphatic heterocycles. The lowest BCUT2D eigenvalue weighted by atomic mass is 10.0. The highest BCUT2D eigenvalue weighted by molar-refractivity contribution is 7.80. The Labute approximate surface area is 190 Å². The third-order valence-corrected chi connectivity index (χ3v) is 5.44. The van der Waals surface area contributed by atoms with E-state index >= 15 is 0 Å². The van der Waals surface area contributed by atoms with Crippen LogP contribution in [0, 0.1) is 0 Å². The maximum absolute atomic E-state index is 13.2. The van der Waals surface area contributed by atoms with Crippen molar-refractivity contribution >= 4 is 64.1 Å². The second-order valence-electron chi connectivity index (χ2n) is 6.74. The Morgan fingerprint density at radius 2 is 1.87 bits per heavy atom. The number of nitrogens with one attached hydrogen (secondary N) is 1. The van der Waals surface area contributed by atoms with E-state index in [-0.39, 0.29) is 15.7 Å². The highest BCUT2D eigenvalue weighted by atomic mass is 35.5. The number of halogens is 2. The molecule has 2 aromatic carbocycles. The van der Waals surface area contributed by atoms with Crippen LogP contribution in [0.3, 0.4) is 0 Å². The molecule has 0 radical (unpaired) electrons. The highest BCUT2D eigenvalue weighted by Crippen LogP contribution is 2.34. The predicted molar refractivity (Wildman–Crippen MR) is 124 cm³/mol. The quantitative estimate of drug-likeness (QED) is 0.365. The van der Waals surface area contributed by atoms with E-state index in [1.54, 1.807) is 6.07 Å². The molecular formula is C22H20Cl2N2O3S. The number of rotatable bonds is 6. The summed E-state index contributed by atoms with van der Waals surface area (Å²) in [5, 5.41) is 3.22. The van der Waals surface area contributed by atoms with Gasteiger partial charge in [0.1, 0.15) is 11.3 Å². The molecule has 0 bridgehead atoms. The molecule has 30 heavy (non-hydrogen) atoms. The number of carbonyl (C=O) groups excluding carboxylic acids is 2. The molecule has 1 fully saturated rings. The molecule has 5 nitrogen and oxygen atoms in total. The fraction of sp³-hybridized carbons (Fsp3) is 0.227. The van der Waals surface area contributed by atoms with Gasteiger partial charge in [-0.15, -0.1) is 0 Å². The van der Waals surface area contributed by atoms with Crippen LogP contribution in [0.4, 0.5) is 5.69 Å². The van der Waals surface area contributed by atoms with Crippen LogP contribution in [0.1, 0.15) is 30.9 Å². The molecule has 0 atom stereocenters. The summed E-state index contributed by atoms with van der Waals surface area (Å²) in [5.74, 6) is -0.823. The second-order valence-corrected chi connectivity index (χ2v) is 7.97. The maximum atomic E-state index is 13.2. The lowest BCUT2D eigenvalue weighted by Gasteiger charge is -2.29. The van der Waals surface area contributed by atoms with Gasteiger partial charge in [-0.2, -0.15) is 0 Å². The van der Waals surface area contributed by atoms with Gasteiger partial charge in [0.15, 0.2) is 5.11 Å². The van der Waals surface area contributed by atoms with E-state index in [4.69, 9.17) is 40.2 Å². The molecule has 1 aliphatic rings. The van der Waals surface area contributed by atoms with Crippen LogP contribution >= 0.6 is 35.4 Å². The lowest BCUT2D eigenvalue weighted by Crippen LogP contribution is -2.54. The number of unbranched alkanes of at least 4 members (excludes halogenated alkanes) is 1. The van der Waals surface area contributed by atoms with Gasteiger partial charge in [0.25, 0.3) is 11.8 Å². The minimum Gasteiger partial charge on any atom is -0.495 e. The predicted octanol–water partition coefficient (Wildman–Crippen LogP) is 5.18. The number of nitrogens with zero attached hydrogens (tertiary/aromatic N) is 1. The van der Waals surface area contributed by atoms with E-state index in [0.717, 1.165) is 19.3 Å². The molecule has 1 saturated heterocycles. The van der Waals surface area contributed by atoms with E-state index in [0.29, 0.717) is 22.0 Å². The van der Waals surface area contributed by atoms with E-state index in [2.05, 4.69) is 12.2 Å². The van der Waals surface area contributed by atoms with Crippen molar-refractivity contribution in [1.82, 2.24) is 5.32 Å². The van der Waals surface area contributed by atoms with Gasteiger partial charge >= 0.3 is 0 Å². The van der Waals surface area contributed by atoms with Crippen molar-refractivity contribution in [2.24, 2.45) is 0 Å². The van der Waals surface area contributed by atoms with Gasteiger partial charge < -0.3 is 4.74 Å². The summed E-state index contributed by atoms with van der Waals surface area (Å²) in [6, 6.07) is 10.6. The Morgan fingerprint density at radius 1 is 1.17 bits per heavy atom. The van der Waals surface area contributed by atoms with Gasteiger partial charge in [-0.05, 0) is 61.0 Å². The SMILES string of the molecule is CCCCc1ccc(N2C(=O)/C(=C/c3cc(Cl)cc(Cl)c3OC)C(=O)NC2=S)cc1. The summed E-state index contributed by atoms with van der Waals surface area (Å²) >= 11 is 17.5. The Hall–Kier alpha value is -2.41. The molecule has 2 aromatic rings. The van der Waals surface area contributed by atoms with Crippen molar-refractivity contribution in [3.63, 3.8) is 0 Å². The van der Waals surface area contributed by atoms with E-state index in [9.17, 15) is 9.59 Å². The summed E-state index contributed by atoms with van der Waals surface area (Å²) < 4.78 is 5.30. The van der Waals surface area contributed by atoms with Crippen LogP contribution in [0.15, 0.2) is 42.0 Å². The number of hydrogen-bond acceptors (Lipinski definition) is 4.